The fourth-order valence-corrected chi connectivity index (χ4v) is 2.61. The van der Waals surface area contributed by atoms with Crippen LogP contribution in [0.2, 0.25) is 0 Å². The van der Waals surface area contributed by atoms with E-state index in [0.29, 0.717) is 22.1 Å². The Labute approximate surface area is 161 Å². The van der Waals surface area contributed by atoms with E-state index in [-0.39, 0.29) is 40.9 Å². The van der Waals surface area contributed by atoms with Crippen molar-refractivity contribution in [3.8, 4) is 0 Å². The largest absolute Gasteiger partial charge is 1.00 e. The van der Waals surface area contributed by atoms with Gasteiger partial charge in [0.1, 0.15) is 5.76 Å². The van der Waals surface area contributed by atoms with Crippen molar-refractivity contribution in [1.82, 2.24) is 0 Å². The molecule has 1 aromatic heterocycles. The Morgan fingerprint density at radius 2 is 1.79 bits per heavy atom. The molecule has 0 aliphatic heterocycles. The summed E-state index contributed by atoms with van der Waals surface area (Å²) in [6.45, 7) is 1.81. The number of benzene rings is 2. The first-order valence-electron chi connectivity index (χ1n) is 7.07. The predicted octanol–water partition coefficient (Wildman–Crippen LogP) is 0.00482. The molecule has 0 aliphatic carbocycles. The first-order valence-corrected chi connectivity index (χ1v) is 7.07. The molecule has 1 heterocycles. The van der Waals surface area contributed by atoms with Gasteiger partial charge in [-0.05, 0) is 53.6 Å². The van der Waals surface area contributed by atoms with Crippen molar-refractivity contribution in [3.05, 3.63) is 77.3 Å². The topological polar surface area (TPSA) is 70.3 Å². The van der Waals surface area contributed by atoms with Crippen LogP contribution in [0.4, 0.5) is 0 Å². The summed E-state index contributed by atoms with van der Waals surface area (Å²) in [5.41, 5.74) is 1.31. The maximum absolute atomic E-state index is 12.5. The molecule has 0 amide bonds. The third kappa shape index (κ3) is 3.51. The molecule has 2 aromatic carbocycles. The first-order chi connectivity index (χ1) is 11.1. The van der Waals surface area contributed by atoms with Gasteiger partial charge in [-0.25, -0.2) is 0 Å². The van der Waals surface area contributed by atoms with Crippen LogP contribution in [0.1, 0.15) is 32.0 Å². The number of hydrogen-bond donors (Lipinski definition) is 0. The molecule has 4 nitrogen and oxygen atoms in total. The van der Waals surface area contributed by atoms with Crippen molar-refractivity contribution >= 4 is 28.6 Å². The summed E-state index contributed by atoms with van der Waals surface area (Å²) < 4.78 is 5.15. The summed E-state index contributed by atoms with van der Waals surface area (Å²) in [4.78, 5) is 23.8. The summed E-state index contributed by atoms with van der Waals surface area (Å²) in [7, 11) is 0. The molecule has 0 saturated carbocycles. The van der Waals surface area contributed by atoms with Crippen LogP contribution in [-0.2, 0) is 0 Å². The fourth-order valence-electron chi connectivity index (χ4n) is 2.61. The standard InChI is InChI=1S/C19H14O4.Na/c1-12-4-2-6-15-14(8-9-16(18(12)15)19(21)22)17(20)10-7-13-5-3-11-23-13;/h2-11H,1H3,(H,21,22);/q;+1/p-1/b10-7-;. The number of carbonyl (C=O) groups is 2. The van der Waals surface area contributed by atoms with Crippen LogP contribution in [0.3, 0.4) is 0 Å². The van der Waals surface area contributed by atoms with E-state index >= 15 is 0 Å². The van der Waals surface area contributed by atoms with Crippen molar-refractivity contribution in [2.75, 3.05) is 0 Å². The number of fused-ring (bicyclic) bond motifs is 1. The zero-order chi connectivity index (χ0) is 16.4. The van der Waals surface area contributed by atoms with Gasteiger partial charge in [0.25, 0.3) is 0 Å². The monoisotopic (exact) mass is 328 g/mol. The number of carbonyl (C=O) groups excluding carboxylic acids is 2. The molecule has 3 rings (SSSR count). The number of carboxylic acid groups (broad SMARTS) is 1. The van der Waals surface area contributed by atoms with Gasteiger partial charge in [0.2, 0.25) is 0 Å². The van der Waals surface area contributed by atoms with Gasteiger partial charge in [-0.3, -0.25) is 4.79 Å². The second kappa shape index (κ2) is 7.62. The molecule has 114 valence electrons. The molecule has 0 saturated heterocycles. The molecule has 0 fully saturated rings. The van der Waals surface area contributed by atoms with Gasteiger partial charge >= 0.3 is 29.6 Å². The minimum Gasteiger partial charge on any atom is -0.545 e. The molecule has 0 unspecified atom stereocenters. The second-order valence-electron chi connectivity index (χ2n) is 5.16. The summed E-state index contributed by atoms with van der Waals surface area (Å²) in [6, 6.07) is 11.7. The number of hydrogen-bond acceptors (Lipinski definition) is 4. The van der Waals surface area contributed by atoms with E-state index in [1.165, 1.54) is 24.5 Å². The quantitative estimate of drug-likeness (QED) is 0.384. The van der Waals surface area contributed by atoms with Gasteiger partial charge in [-0.15, -0.1) is 0 Å². The minimum absolute atomic E-state index is 0. The van der Waals surface area contributed by atoms with Gasteiger partial charge in [0.15, 0.2) is 5.78 Å². The fraction of sp³-hybridized carbons (Fsp3) is 0.0526. The van der Waals surface area contributed by atoms with Gasteiger partial charge in [0, 0.05) is 11.1 Å². The minimum atomic E-state index is -1.26. The number of furan rings is 1. The van der Waals surface area contributed by atoms with Gasteiger partial charge < -0.3 is 14.3 Å². The van der Waals surface area contributed by atoms with Gasteiger partial charge in [0.05, 0.1) is 12.2 Å². The molecule has 0 bridgehead atoms. The van der Waals surface area contributed by atoms with E-state index in [0.717, 1.165) is 5.56 Å². The van der Waals surface area contributed by atoms with Crippen LogP contribution in [0.5, 0.6) is 0 Å². The summed E-state index contributed by atoms with van der Waals surface area (Å²) >= 11 is 0. The average Bonchev–Trinajstić information content (AvgIpc) is 3.05. The molecular weight excluding hydrogens is 315 g/mol. The Balaban J connectivity index is 0.00000208. The SMILES string of the molecule is Cc1cccc2c(C(=O)/C=C\c3ccco3)ccc(C(=O)[O-])c12.[Na+]. The van der Waals surface area contributed by atoms with Crippen molar-refractivity contribution < 1.29 is 48.7 Å². The predicted molar refractivity (Wildman–Crippen MR) is 85.1 cm³/mol. The second-order valence-corrected chi connectivity index (χ2v) is 5.16. The Kier molecular flexibility index (Phi) is 5.78. The van der Waals surface area contributed by atoms with Crippen molar-refractivity contribution in [1.29, 1.82) is 0 Å². The first kappa shape index (κ1) is 18.2. The smallest absolute Gasteiger partial charge is 0.545 e. The molecule has 0 atom stereocenters. The van der Waals surface area contributed by atoms with Crippen molar-refractivity contribution in [2.45, 2.75) is 6.92 Å². The molecule has 3 aromatic rings. The third-order valence-corrected chi connectivity index (χ3v) is 3.68. The summed E-state index contributed by atoms with van der Waals surface area (Å²) in [5, 5.41) is 12.4. The van der Waals surface area contributed by atoms with Crippen LogP contribution in [0.15, 0.2) is 59.2 Å². The van der Waals surface area contributed by atoms with Gasteiger partial charge in [-0.2, -0.15) is 0 Å². The van der Waals surface area contributed by atoms with E-state index in [1.807, 2.05) is 13.0 Å². The zero-order valence-corrected chi connectivity index (χ0v) is 15.4. The molecular formula is C19H13NaO4. The maximum atomic E-state index is 12.5. The Hall–Kier alpha value is -2.14. The van der Waals surface area contributed by atoms with Crippen molar-refractivity contribution in [2.24, 2.45) is 0 Å². The van der Waals surface area contributed by atoms with E-state index in [4.69, 9.17) is 4.42 Å². The molecule has 24 heavy (non-hydrogen) atoms. The van der Waals surface area contributed by atoms with Crippen LogP contribution in [-0.4, -0.2) is 11.8 Å². The molecule has 0 spiro atoms. The summed E-state index contributed by atoms with van der Waals surface area (Å²) in [5.74, 6) is -0.901. The van der Waals surface area contributed by atoms with Crippen LogP contribution in [0, 0.1) is 6.92 Å². The Morgan fingerprint density at radius 1 is 1.04 bits per heavy atom. The van der Waals surface area contributed by atoms with Gasteiger partial charge in [-0.1, -0.05) is 24.3 Å². The molecule has 5 heteroatoms. The number of aromatic carboxylic acids is 1. The van der Waals surface area contributed by atoms with Crippen LogP contribution < -0.4 is 34.7 Å². The van der Waals surface area contributed by atoms with E-state index in [2.05, 4.69) is 0 Å². The summed E-state index contributed by atoms with van der Waals surface area (Å²) in [6.07, 6.45) is 4.52. The van der Waals surface area contributed by atoms with E-state index in [1.54, 1.807) is 30.3 Å². The third-order valence-electron chi connectivity index (χ3n) is 3.68. The van der Waals surface area contributed by atoms with Crippen LogP contribution >= 0.6 is 0 Å². The number of aryl methyl sites for hydroxylation is 1. The Morgan fingerprint density at radius 3 is 2.46 bits per heavy atom. The number of ketones is 1. The normalized spacial score (nSPS) is 10.7. The van der Waals surface area contributed by atoms with E-state index in [9.17, 15) is 14.7 Å². The molecule has 0 N–H and O–H groups in total. The van der Waals surface area contributed by atoms with Crippen LogP contribution in [0.25, 0.3) is 16.8 Å². The average molecular weight is 328 g/mol. The Bertz CT molecular complexity index is 924. The molecule has 0 radical (unpaired) electrons. The van der Waals surface area contributed by atoms with Crippen molar-refractivity contribution in [3.63, 3.8) is 0 Å². The van der Waals surface area contributed by atoms with E-state index < -0.39 is 5.97 Å². The zero-order valence-electron chi connectivity index (χ0n) is 13.4. The number of allylic oxidation sites excluding steroid dienone is 1. The molecule has 0 aliphatic rings. The number of carboxylic acids is 1. The number of rotatable bonds is 4. The maximum Gasteiger partial charge on any atom is 1.00 e.